The summed E-state index contributed by atoms with van der Waals surface area (Å²) >= 11 is 0. The molecule has 6 heteroatoms. The van der Waals surface area contributed by atoms with Crippen molar-refractivity contribution in [3.63, 3.8) is 0 Å². The smallest absolute Gasteiger partial charge is 0.238 e. The minimum Gasteiger partial charge on any atom is -0.396 e. The van der Waals surface area contributed by atoms with E-state index >= 15 is 0 Å². The summed E-state index contributed by atoms with van der Waals surface area (Å²) in [6, 6.07) is 0.181. The van der Waals surface area contributed by atoms with Crippen LogP contribution < -0.4 is 0 Å². The van der Waals surface area contributed by atoms with E-state index in [2.05, 4.69) is 0 Å². The monoisotopic (exact) mass is 249 g/mol. The molecule has 0 saturated heterocycles. The number of carbonyl (C=O) groups is 1. The summed E-state index contributed by atoms with van der Waals surface area (Å²) in [4.78, 5) is 13.4. The van der Waals surface area contributed by atoms with Gasteiger partial charge in [0.15, 0.2) is 9.84 Å². The molecule has 16 heavy (non-hydrogen) atoms. The molecule has 0 aromatic heterocycles. The van der Waals surface area contributed by atoms with Crippen LogP contribution in [0.25, 0.3) is 0 Å². The molecule has 1 aliphatic rings. The Morgan fingerprint density at radius 3 is 2.44 bits per heavy atom. The summed E-state index contributed by atoms with van der Waals surface area (Å²) in [5, 5.41) is 8.75. The average Bonchev–Trinajstić information content (AvgIpc) is 2.05. The first-order valence-corrected chi connectivity index (χ1v) is 7.58. The molecule has 1 N–H and O–H groups in total. The van der Waals surface area contributed by atoms with Crippen LogP contribution in [0.15, 0.2) is 0 Å². The van der Waals surface area contributed by atoms with Gasteiger partial charge >= 0.3 is 0 Å². The molecule has 0 atom stereocenters. The van der Waals surface area contributed by atoms with Gasteiger partial charge in [-0.25, -0.2) is 8.42 Å². The summed E-state index contributed by atoms with van der Waals surface area (Å²) in [6.45, 7) is 0.477. The van der Waals surface area contributed by atoms with Crippen molar-refractivity contribution in [3.8, 4) is 0 Å². The average molecular weight is 249 g/mol. The van der Waals surface area contributed by atoms with Gasteiger partial charge in [-0.3, -0.25) is 4.79 Å². The van der Waals surface area contributed by atoms with Crippen LogP contribution in [0.3, 0.4) is 0 Å². The second kappa shape index (κ2) is 5.63. The molecule has 0 spiro atoms. The zero-order valence-electron chi connectivity index (χ0n) is 9.55. The molecule has 1 rings (SSSR count). The summed E-state index contributed by atoms with van der Waals surface area (Å²) in [5.41, 5.74) is 0. The van der Waals surface area contributed by atoms with Gasteiger partial charge in [-0.05, 0) is 25.7 Å². The topological polar surface area (TPSA) is 74.7 Å². The number of amides is 1. The van der Waals surface area contributed by atoms with Crippen LogP contribution in [0.1, 0.15) is 25.7 Å². The summed E-state index contributed by atoms with van der Waals surface area (Å²) in [6.07, 6.45) is 4.55. The van der Waals surface area contributed by atoms with Gasteiger partial charge < -0.3 is 10.0 Å². The van der Waals surface area contributed by atoms with Crippen molar-refractivity contribution in [3.05, 3.63) is 0 Å². The first kappa shape index (κ1) is 13.4. The highest BCUT2D eigenvalue weighted by Crippen LogP contribution is 2.25. The SMILES string of the molecule is CS(=O)(=O)CC(=O)N(CCCO)C1CCC1. The first-order chi connectivity index (χ1) is 7.44. The number of rotatable bonds is 6. The number of sulfone groups is 1. The van der Waals surface area contributed by atoms with Gasteiger partial charge in [-0.2, -0.15) is 0 Å². The Morgan fingerprint density at radius 1 is 1.44 bits per heavy atom. The van der Waals surface area contributed by atoms with Crippen LogP contribution in [0.2, 0.25) is 0 Å². The van der Waals surface area contributed by atoms with E-state index in [1.807, 2.05) is 0 Å². The Bertz CT molecular complexity index is 335. The largest absolute Gasteiger partial charge is 0.396 e. The highest BCUT2D eigenvalue weighted by Gasteiger charge is 2.29. The normalized spacial score (nSPS) is 16.9. The standard InChI is InChI=1S/C10H19NO4S/c1-16(14,15)8-10(13)11(6-3-7-12)9-4-2-5-9/h9,12H,2-8H2,1H3. The van der Waals surface area contributed by atoms with Crippen LogP contribution in [-0.2, 0) is 14.6 Å². The highest BCUT2D eigenvalue weighted by molar-refractivity contribution is 7.91. The molecule has 94 valence electrons. The van der Waals surface area contributed by atoms with Crippen LogP contribution in [-0.4, -0.2) is 55.5 Å². The van der Waals surface area contributed by atoms with Crippen LogP contribution in [0.4, 0.5) is 0 Å². The number of carbonyl (C=O) groups excluding carboxylic acids is 1. The molecule has 0 radical (unpaired) electrons. The Hall–Kier alpha value is -0.620. The van der Waals surface area contributed by atoms with E-state index in [-0.39, 0.29) is 18.6 Å². The van der Waals surface area contributed by atoms with Gasteiger partial charge in [0.05, 0.1) is 0 Å². The summed E-state index contributed by atoms with van der Waals surface area (Å²) in [5.74, 6) is -0.754. The maximum atomic E-state index is 11.8. The van der Waals surface area contributed by atoms with Crippen molar-refractivity contribution in [1.29, 1.82) is 0 Å². The minimum absolute atomic E-state index is 0.0232. The maximum Gasteiger partial charge on any atom is 0.238 e. The molecular formula is C10H19NO4S. The van der Waals surface area contributed by atoms with Gasteiger partial charge in [0.2, 0.25) is 5.91 Å². The van der Waals surface area contributed by atoms with Crippen molar-refractivity contribution < 1.29 is 18.3 Å². The fourth-order valence-electron chi connectivity index (χ4n) is 1.76. The third-order valence-corrected chi connectivity index (χ3v) is 3.55. The fraction of sp³-hybridized carbons (Fsp3) is 0.900. The maximum absolute atomic E-state index is 11.8. The third kappa shape index (κ3) is 4.09. The predicted octanol–water partition coefficient (Wildman–Crippen LogP) is -0.206. The van der Waals surface area contributed by atoms with Gasteiger partial charge in [0, 0.05) is 25.4 Å². The van der Waals surface area contributed by atoms with Gasteiger partial charge in [-0.15, -0.1) is 0 Å². The molecule has 0 unspecified atom stereocenters. The van der Waals surface area contributed by atoms with Gasteiger partial charge in [0.25, 0.3) is 0 Å². The molecule has 5 nitrogen and oxygen atoms in total. The zero-order valence-corrected chi connectivity index (χ0v) is 10.4. The number of nitrogens with zero attached hydrogens (tertiary/aromatic N) is 1. The van der Waals surface area contributed by atoms with Gasteiger partial charge in [0.1, 0.15) is 5.75 Å². The van der Waals surface area contributed by atoms with Crippen LogP contribution in [0.5, 0.6) is 0 Å². The van der Waals surface area contributed by atoms with Gasteiger partial charge in [-0.1, -0.05) is 0 Å². The quantitative estimate of drug-likeness (QED) is 0.707. The fourth-order valence-corrected chi connectivity index (χ4v) is 2.37. The van der Waals surface area contributed by atoms with E-state index in [9.17, 15) is 13.2 Å². The number of hydrogen-bond donors (Lipinski definition) is 1. The molecule has 0 heterocycles. The van der Waals surface area contributed by atoms with Crippen molar-refractivity contribution in [2.75, 3.05) is 25.2 Å². The van der Waals surface area contributed by atoms with Crippen LogP contribution in [0, 0.1) is 0 Å². The van der Waals surface area contributed by atoms with E-state index in [1.54, 1.807) is 4.90 Å². The second-order valence-corrected chi connectivity index (χ2v) is 6.46. The molecule has 0 aromatic carbocycles. The van der Waals surface area contributed by atoms with E-state index in [4.69, 9.17) is 5.11 Å². The Labute approximate surface area is 96.4 Å². The van der Waals surface area contributed by atoms with Crippen molar-refractivity contribution in [1.82, 2.24) is 4.90 Å². The number of aliphatic hydroxyl groups excluding tert-OH is 1. The Kier molecular flexibility index (Phi) is 4.73. The summed E-state index contributed by atoms with van der Waals surface area (Å²) < 4.78 is 22.1. The second-order valence-electron chi connectivity index (χ2n) is 4.32. The lowest BCUT2D eigenvalue weighted by Gasteiger charge is -2.37. The molecule has 0 bridgehead atoms. The molecule has 1 amide bonds. The Morgan fingerprint density at radius 2 is 2.06 bits per heavy atom. The summed E-state index contributed by atoms with van der Waals surface area (Å²) in [7, 11) is -3.26. The predicted molar refractivity (Wildman–Crippen MR) is 60.8 cm³/mol. The molecule has 0 aromatic rings. The zero-order chi connectivity index (χ0) is 12.2. The number of aliphatic hydroxyl groups is 1. The van der Waals surface area contributed by atoms with E-state index < -0.39 is 15.6 Å². The third-order valence-electron chi connectivity index (χ3n) is 2.78. The van der Waals surface area contributed by atoms with Crippen LogP contribution >= 0.6 is 0 Å². The molecular weight excluding hydrogens is 230 g/mol. The Balaban J connectivity index is 2.56. The molecule has 1 fully saturated rings. The van der Waals surface area contributed by atoms with E-state index in [1.165, 1.54) is 0 Å². The van der Waals surface area contributed by atoms with Crippen molar-refractivity contribution in [2.24, 2.45) is 0 Å². The van der Waals surface area contributed by atoms with E-state index in [0.717, 1.165) is 25.5 Å². The lowest BCUT2D eigenvalue weighted by Crippen LogP contribution is -2.47. The number of hydrogen-bond acceptors (Lipinski definition) is 4. The molecule has 0 aliphatic heterocycles. The highest BCUT2D eigenvalue weighted by atomic mass is 32.2. The van der Waals surface area contributed by atoms with E-state index in [0.29, 0.717) is 13.0 Å². The lowest BCUT2D eigenvalue weighted by atomic mass is 9.91. The molecule has 1 aliphatic carbocycles. The lowest BCUT2D eigenvalue weighted by molar-refractivity contribution is -0.132. The van der Waals surface area contributed by atoms with Crippen molar-refractivity contribution in [2.45, 2.75) is 31.7 Å². The minimum atomic E-state index is -3.26. The van der Waals surface area contributed by atoms with Crippen molar-refractivity contribution >= 4 is 15.7 Å². The first-order valence-electron chi connectivity index (χ1n) is 5.52. The molecule has 1 saturated carbocycles.